The van der Waals surface area contributed by atoms with Crippen molar-refractivity contribution in [2.45, 2.75) is 38.8 Å². The fraction of sp³-hybridized carbons (Fsp3) is 0.300. The molecule has 2 aromatic carbocycles. The van der Waals surface area contributed by atoms with Gasteiger partial charge in [0.05, 0.1) is 5.54 Å². The van der Waals surface area contributed by atoms with Crippen LogP contribution < -0.4 is 0 Å². The van der Waals surface area contributed by atoms with Crippen LogP contribution in [0.4, 0.5) is 0 Å². The Hall–Kier alpha value is -2.62. The number of carbonyl (C=O) groups excluding carboxylic acids is 1. The first-order valence-electron chi connectivity index (χ1n) is 8.01. The van der Waals surface area contributed by atoms with Crippen LogP contribution in [0.5, 0.6) is 0 Å². The van der Waals surface area contributed by atoms with Crippen LogP contribution in [0.2, 0.25) is 0 Å². The van der Waals surface area contributed by atoms with Crippen molar-refractivity contribution < 1.29 is 14.7 Å². The molecular formula is C20H21NO3. The maximum Gasteiger partial charge on any atom is 0.313 e. The molecule has 2 aromatic rings. The van der Waals surface area contributed by atoms with Gasteiger partial charge in [-0.05, 0) is 38.0 Å². The molecule has 0 bridgehead atoms. The van der Waals surface area contributed by atoms with Crippen molar-refractivity contribution in [3.63, 3.8) is 0 Å². The molecule has 0 saturated carbocycles. The maximum absolute atomic E-state index is 13.0. The Labute approximate surface area is 141 Å². The molecule has 1 heterocycles. The minimum atomic E-state index is -0.908. The fourth-order valence-corrected chi connectivity index (χ4v) is 3.47. The summed E-state index contributed by atoms with van der Waals surface area (Å²) in [4.78, 5) is 26.6. The summed E-state index contributed by atoms with van der Waals surface area (Å²) in [6.07, 6.45) is 0. The van der Waals surface area contributed by atoms with E-state index in [0.29, 0.717) is 17.7 Å². The molecule has 1 atom stereocenters. The normalized spacial score (nSPS) is 19.0. The number of aliphatic carboxylic acids is 1. The lowest BCUT2D eigenvalue weighted by atomic mass is 9.74. The lowest BCUT2D eigenvalue weighted by molar-refractivity contribution is -0.142. The molecule has 1 aliphatic heterocycles. The minimum Gasteiger partial charge on any atom is -0.481 e. The van der Waals surface area contributed by atoms with Gasteiger partial charge in [0.2, 0.25) is 0 Å². The van der Waals surface area contributed by atoms with E-state index in [1.807, 2.05) is 45.0 Å². The second-order valence-corrected chi connectivity index (χ2v) is 6.89. The fourth-order valence-electron chi connectivity index (χ4n) is 3.47. The summed E-state index contributed by atoms with van der Waals surface area (Å²) in [5.74, 6) is -1.78. The Balaban J connectivity index is 2.07. The third kappa shape index (κ3) is 2.58. The zero-order valence-corrected chi connectivity index (χ0v) is 14.1. The molecule has 0 spiro atoms. The monoisotopic (exact) mass is 323 g/mol. The molecule has 0 radical (unpaired) electrons. The Morgan fingerprint density at radius 1 is 1.12 bits per heavy atom. The summed E-state index contributed by atoms with van der Waals surface area (Å²) in [6.45, 7) is 6.06. The van der Waals surface area contributed by atoms with Gasteiger partial charge >= 0.3 is 5.97 Å². The molecule has 1 N–H and O–H groups in total. The molecule has 1 amide bonds. The number of hydrogen-bond acceptors (Lipinski definition) is 2. The van der Waals surface area contributed by atoms with Crippen molar-refractivity contribution in [1.82, 2.24) is 4.90 Å². The van der Waals surface area contributed by atoms with E-state index < -0.39 is 17.4 Å². The molecule has 0 saturated heterocycles. The average Bonchev–Trinajstić information content (AvgIpc) is 2.52. The van der Waals surface area contributed by atoms with Gasteiger partial charge in [0.1, 0.15) is 5.92 Å². The number of carboxylic acid groups (broad SMARTS) is 1. The summed E-state index contributed by atoms with van der Waals surface area (Å²) < 4.78 is 0. The number of nitrogens with zero attached hydrogens (tertiary/aromatic N) is 1. The number of carboxylic acids is 1. The maximum atomic E-state index is 13.0. The van der Waals surface area contributed by atoms with Gasteiger partial charge in [0, 0.05) is 12.1 Å². The van der Waals surface area contributed by atoms with Crippen LogP contribution in [0, 0.1) is 6.92 Å². The second-order valence-electron chi connectivity index (χ2n) is 6.89. The van der Waals surface area contributed by atoms with E-state index in [-0.39, 0.29) is 5.91 Å². The van der Waals surface area contributed by atoms with Crippen LogP contribution in [0.1, 0.15) is 46.8 Å². The molecule has 0 aliphatic carbocycles. The van der Waals surface area contributed by atoms with Crippen LogP contribution in [-0.2, 0) is 11.3 Å². The first kappa shape index (κ1) is 16.2. The lowest BCUT2D eigenvalue weighted by Gasteiger charge is -2.46. The molecule has 124 valence electrons. The molecule has 4 nitrogen and oxygen atoms in total. The van der Waals surface area contributed by atoms with E-state index in [2.05, 4.69) is 0 Å². The quantitative estimate of drug-likeness (QED) is 0.939. The van der Waals surface area contributed by atoms with Crippen molar-refractivity contribution in [3.8, 4) is 0 Å². The van der Waals surface area contributed by atoms with E-state index in [1.54, 1.807) is 29.2 Å². The Bertz CT molecular complexity index is 793. The highest BCUT2D eigenvalue weighted by atomic mass is 16.4. The number of aryl methyl sites for hydroxylation is 1. The van der Waals surface area contributed by atoms with Crippen LogP contribution in [0.15, 0.2) is 48.5 Å². The zero-order valence-electron chi connectivity index (χ0n) is 14.1. The smallest absolute Gasteiger partial charge is 0.313 e. The Kier molecular flexibility index (Phi) is 3.91. The first-order chi connectivity index (χ1) is 11.3. The molecule has 0 aromatic heterocycles. The topological polar surface area (TPSA) is 57.6 Å². The van der Waals surface area contributed by atoms with E-state index >= 15 is 0 Å². The predicted molar refractivity (Wildman–Crippen MR) is 92.0 cm³/mol. The Morgan fingerprint density at radius 3 is 2.38 bits per heavy atom. The molecular weight excluding hydrogens is 302 g/mol. The van der Waals surface area contributed by atoms with Crippen LogP contribution in [0.3, 0.4) is 0 Å². The predicted octanol–water partition coefficient (Wildman–Crippen LogP) is 3.60. The molecule has 1 aliphatic rings. The summed E-state index contributed by atoms with van der Waals surface area (Å²) >= 11 is 0. The molecule has 24 heavy (non-hydrogen) atoms. The minimum absolute atomic E-state index is 0.117. The van der Waals surface area contributed by atoms with Crippen molar-refractivity contribution in [2.24, 2.45) is 0 Å². The van der Waals surface area contributed by atoms with Crippen molar-refractivity contribution in [3.05, 3.63) is 70.8 Å². The number of amides is 1. The molecule has 3 rings (SSSR count). The van der Waals surface area contributed by atoms with Crippen molar-refractivity contribution in [1.29, 1.82) is 0 Å². The third-order valence-electron chi connectivity index (χ3n) is 4.86. The van der Waals surface area contributed by atoms with E-state index in [1.165, 1.54) is 0 Å². The summed E-state index contributed by atoms with van der Waals surface area (Å²) in [7, 11) is 0. The molecule has 1 unspecified atom stereocenters. The lowest BCUT2D eigenvalue weighted by Crippen LogP contribution is -2.56. The highest BCUT2D eigenvalue weighted by Gasteiger charge is 2.48. The largest absolute Gasteiger partial charge is 0.481 e. The van der Waals surface area contributed by atoms with E-state index in [4.69, 9.17) is 0 Å². The Morgan fingerprint density at radius 2 is 1.75 bits per heavy atom. The van der Waals surface area contributed by atoms with Crippen molar-refractivity contribution in [2.75, 3.05) is 0 Å². The first-order valence-corrected chi connectivity index (χ1v) is 8.01. The standard InChI is InChI=1S/C20H21NO3/c1-13-8-10-14(11-9-13)12-21-18(22)16-7-5-4-6-15(16)17(19(23)24)20(21,2)3/h4-11,17H,12H2,1-3H3,(H,23,24). The van der Waals surface area contributed by atoms with Gasteiger partial charge in [-0.15, -0.1) is 0 Å². The van der Waals surface area contributed by atoms with Gasteiger partial charge in [-0.1, -0.05) is 48.0 Å². The summed E-state index contributed by atoms with van der Waals surface area (Å²) in [6, 6.07) is 15.0. The van der Waals surface area contributed by atoms with E-state index in [9.17, 15) is 14.7 Å². The van der Waals surface area contributed by atoms with Gasteiger partial charge in [-0.3, -0.25) is 9.59 Å². The van der Waals surface area contributed by atoms with Gasteiger partial charge < -0.3 is 10.0 Å². The number of hydrogen-bond donors (Lipinski definition) is 1. The SMILES string of the molecule is Cc1ccc(CN2C(=O)c3ccccc3C(C(=O)O)C2(C)C)cc1. The number of carbonyl (C=O) groups is 2. The van der Waals surface area contributed by atoms with Gasteiger partial charge in [0.15, 0.2) is 0 Å². The van der Waals surface area contributed by atoms with Crippen molar-refractivity contribution >= 4 is 11.9 Å². The highest BCUT2D eigenvalue weighted by Crippen LogP contribution is 2.41. The zero-order chi connectivity index (χ0) is 17.5. The van der Waals surface area contributed by atoms with Gasteiger partial charge in [-0.2, -0.15) is 0 Å². The molecule has 4 heteroatoms. The third-order valence-corrected chi connectivity index (χ3v) is 4.86. The summed E-state index contributed by atoms with van der Waals surface area (Å²) in [5.41, 5.74) is 2.40. The number of rotatable bonds is 3. The second kappa shape index (κ2) is 5.78. The summed E-state index contributed by atoms with van der Waals surface area (Å²) in [5, 5.41) is 9.79. The average molecular weight is 323 g/mol. The highest BCUT2D eigenvalue weighted by molar-refractivity contribution is 6.00. The van der Waals surface area contributed by atoms with Gasteiger partial charge in [-0.25, -0.2) is 0 Å². The number of benzene rings is 2. The van der Waals surface area contributed by atoms with Crippen LogP contribution in [0.25, 0.3) is 0 Å². The van der Waals surface area contributed by atoms with Crippen LogP contribution in [-0.4, -0.2) is 27.4 Å². The van der Waals surface area contributed by atoms with Gasteiger partial charge in [0.25, 0.3) is 5.91 Å². The van der Waals surface area contributed by atoms with Crippen LogP contribution >= 0.6 is 0 Å². The van der Waals surface area contributed by atoms with E-state index in [0.717, 1.165) is 11.1 Å². The molecule has 0 fully saturated rings. The number of fused-ring (bicyclic) bond motifs is 1.